The smallest absolute Gasteiger partial charge is 0.161 e. The van der Waals surface area contributed by atoms with Gasteiger partial charge in [-0.15, -0.1) is 0 Å². The van der Waals surface area contributed by atoms with Crippen molar-refractivity contribution in [2.24, 2.45) is 11.8 Å². The average Bonchev–Trinajstić information content (AvgIpc) is 3.29. The lowest BCUT2D eigenvalue weighted by Crippen LogP contribution is -2.25. The van der Waals surface area contributed by atoms with Crippen molar-refractivity contribution in [1.29, 1.82) is 0 Å². The van der Waals surface area contributed by atoms with Gasteiger partial charge in [0.1, 0.15) is 5.75 Å². The van der Waals surface area contributed by atoms with Gasteiger partial charge in [0.25, 0.3) is 0 Å². The summed E-state index contributed by atoms with van der Waals surface area (Å²) in [6.45, 7) is 0. The summed E-state index contributed by atoms with van der Waals surface area (Å²) in [5.41, 5.74) is 7.62. The Morgan fingerprint density at radius 3 is 1.94 bits per heavy atom. The molecule has 3 aliphatic carbocycles. The third-order valence-electron chi connectivity index (χ3n) is 9.35. The molecule has 0 heterocycles. The molecule has 0 aliphatic heterocycles. The lowest BCUT2D eigenvalue weighted by atomic mass is 9.69. The first-order valence-corrected chi connectivity index (χ1v) is 13.3. The normalized spacial score (nSPS) is 23.9. The molecular formula is C33H32O3. The Balaban J connectivity index is 1.64. The lowest BCUT2D eigenvalue weighted by Gasteiger charge is -2.34. The predicted octanol–water partition coefficient (Wildman–Crippen LogP) is 8.10. The van der Waals surface area contributed by atoms with E-state index in [1.165, 1.54) is 59.1 Å². The van der Waals surface area contributed by atoms with Gasteiger partial charge < -0.3 is 14.6 Å². The van der Waals surface area contributed by atoms with Gasteiger partial charge in [0.2, 0.25) is 0 Å². The molecule has 1 N–H and O–H groups in total. The maximum atomic E-state index is 11.5. The van der Waals surface area contributed by atoms with Crippen LogP contribution in [0.5, 0.6) is 17.2 Å². The zero-order valence-corrected chi connectivity index (χ0v) is 21.0. The minimum absolute atomic E-state index is 0.122. The number of ether oxygens (including phenoxy) is 2. The summed E-state index contributed by atoms with van der Waals surface area (Å²) in [5.74, 6) is 3.11. The van der Waals surface area contributed by atoms with Gasteiger partial charge in [-0.2, -0.15) is 0 Å². The first-order valence-electron chi connectivity index (χ1n) is 13.3. The second-order valence-electron chi connectivity index (χ2n) is 11.0. The fraction of sp³-hybridized carbons (Fsp3) is 0.333. The van der Waals surface area contributed by atoms with Gasteiger partial charge in [0, 0.05) is 10.8 Å². The highest BCUT2D eigenvalue weighted by molar-refractivity contribution is 6.07. The number of rotatable bonds is 2. The monoisotopic (exact) mass is 476 g/mol. The molecule has 2 unspecified atom stereocenters. The highest BCUT2D eigenvalue weighted by Crippen LogP contribution is 2.62. The Bertz CT molecular complexity index is 1490. The molecule has 0 bridgehead atoms. The zero-order valence-electron chi connectivity index (χ0n) is 21.0. The van der Waals surface area contributed by atoms with Crippen LogP contribution in [0.4, 0.5) is 0 Å². The van der Waals surface area contributed by atoms with E-state index in [0.29, 0.717) is 17.2 Å². The molecule has 3 nitrogen and oxygen atoms in total. The number of hydrogen-bond acceptors (Lipinski definition) is 3. The van der Waals surface area contributed by atoms with Crippen molar-refractivity contribution in [3.8, 4) is 39.5 Å². The van der Waals surface area contributed by atoms with Gasteiger partial charge in [-0.1, -0.05) is 74.2 Å². The van der Waals surface area contributed by atoms with Gasteiger partial charge in [0.15, 0.2) is 11.5 Å². The van der Waals surface area contributed by atoms with E-state index in [2.05, 4.69) is 60.7 Å². The average molecular weight is 477 g/mol. The molecule has 2 atom stereocenters. The predicted molar refractivity (Wildman–Crippen MR) is 145 cm³/mol. The number of phenolic OH excluding ortho intramolecular Hbond substituents is 1. The highest BCUT2D eigenvalue weighted by Gasteiger charge is 2.51. The maximum absolute atomic E-state index is 11.5. The van der Waals surface area contributed by atoms with Gasteiger partial charge in [-0.05, 0) is 81.6 Å². The molecule has 3 aliphatic rings. The lowest BCUT2D eigenvalue weighted by molar-refractivity contribution is 0.277. The molecule has 2 fully saturated rings. The fourth-order valence-corrected chi connectivity index (χ4v) is 7.85. The van der Waals surface area contributed by atoms with E-state index in [-0.39, 0.29) is 5.41 Å². The van der Waals surface area contributed by atoms with Crippen molar-refractivity contribution in [3.05, 3.63) is 77.9 Å². The zero-order chi connectivity index (χ0) is 24.4. The van der Waals surface area contributed by atoms with E-state index in [1.807, 2.05) is 6.07 Å². The summed E-state index contributed by atoms with van der Waals surface area (Å²) in [4.78, 5) is 0. The van der Waals surface area contributed by atoms with Gasteiger partial charge in [0.05, 0.1) is 14.2 Å². The molecule has 4 aromatic carbocycles. The van der Waals surface area contributed by atoms with Gasteiger partial charge in [-0.3, -0.25) is 0 Å². The SMILES string of the molecule is COc1cc2c(O)cc3c(c2cc1OC)-c1ccccc1-c1ccccc1C31CC2CCCCC2C1. The summed E-state index contributed by atoms with van der Waals surface area (Å²) >= 11 is 0. The van der Waals surface area contributed by atoms with E-state index in [0.717, 1.165) is 35.4 Å². The number of aromatic hydroxyl groups is 1. The first-order chi connectivity index (χ1) is 17.6. The quantitative estimate of drug-likeness (QED) is 0.318. The molecule has 182 valence electrons. The van der Waals surface area contributed by atoms with Crippen molar-refractivity contribution in [3.63, 3.8) is 0 Å². The number of hydrogen-bond donors (Lipinski definition) is 1. The summed E-state index contributed by atoms with van der Waals surface area (Å²) < 4.78 is 11.4. The van der Waals surface area contributed by atoms with Crippen molar-refractivity contribution < 1.29 is 14.6 Å². The topological polar surface area (TPSA) is 38.7 Å². The Kier molecular flexibility index (Phi) is 4.86. The maximum Gasteiger partial charge on any atom is 0.161 e. The van der Waals surface area contributed by atoms with Crippen LogP contribution in [0.2, 0.25) is 0 Å². The fourth-order valence-electron chi connectivity index (χ4n) is 7.85. The van der Waals surface area contributed by atoms with E-state index >= 15 is 0 Å². The van der Waals surface area contributed by atoms with Crippen LogP contribution in [0.15, 0.2) is 66.7 Å². The minimum atomic E-state index is -0.122. The molecule has 7 rings (SSSR count). The van der Waals surface area contributed by atoms with Crippen LogP contribution in [-0.4, -0.2) is 19.3 Å². The molecule has 2 saturated carbocycles. The largest absolute Gasteiger partial charge is 0.507 e. The van der Waals surface area contributed by atoms with Crippen molar-refractivity contribution in [2.45, 2.75) is 43.9 Å². The highest BCUT2D eigenvalue weighted by atomic mass is 16.5. The number of methoxy groups -OCH3 is 2. The van der Waals surface area contributed by atoms with Crippen LogP contribution in [0.25, 0.3) is 33.0 Å². The van der Waals surface area contributed by atoms with E-state index in [9.17, 15) is 5.11 Å². The summed E-state index contributed by atoms with van der Waals surface area (Å²) in [7, 11) is 3.32. The minimum Gasteiger partial charge on any atom is -0.507 e. The Labute approximate surface area is 212 Å². The summed E-state index contributed by atoms with van der Waals surface area (Å²) in [6.07, 6.45) is 7.61. The number of benzene rings is 4. The van der Waals surface area contributed by atoms with E-state index < -0.39 is 0 Å². The molecule has 36 heavy (non-hydrogen) atoms. The third-order valence-corrected chi connectivity index (χ3v) is 9.35. The van der Waals surface area contributed by atoms with Crippen LogP contribution in [0, 0.1) is 11.8 Å². The van der Waals surface area contributed by atoms with Gasteiger partial charge in [-0.25, -0.2) is 0 Å². The third kappa shape index (κ3) is 2.92. The van der Waals surface area contributed by atoms with Crippen LogP contribution >= 0.6 is 0 Å². The second-order valence-corrected chi connectivity index (χ2v) is 11.0. The van der Waals surface area contributed by atoms with Crippen LogP contribution in [-0.2, 0) is 5.41 Å². The number of phenols is 1. The molecule has 0 saturated heterocycles. The first kappa shape index (κ1) is 21.8. The van der Waals surface area contributed by atoms with Crippen molar-refractivity contribution >= 4 is 10.8 Å². The van der Waals surface area contributed by atoms with Crippen LogP contribution in [0.1, 0.15) is 49.7 Å². The molecule has 1 spiro atoms. The summed E-state index contributed by atoms with van der Waals surface area (Å²) in [5, 5.41) is 13.3. The molecule has 0 aromatic heterocycles. The van der Waals surface area contributed by atoms with Crippen molar-refractivity contribution in [1.82, 2.24) is 0 Å². The second kappa shape index (κ2) is 8.03. The number of fused-ring (bicyclic) bond motifs is 10. The molecule has 0 radical (unpaired) electrons. The Hall–Kier alpha value is -3.46. The summed E-state index contributed by atoms with van der Waals surface area (Å²) in [6, 6.07) is 23.9. The Morgan fingerprint density at radius 2 is 1.28 bits per heavy atom. The van der Waals surface area contributed by atoms with E-state index in [4.69, 9.17) is 9.47 Å². The van der Waals surface area contributed by atoms with Gasteiger partial charge >= 0.3 is 0 Å². The van der Waals surface area contributed by atoms with E-state index in [1.54, 1.807) is 14.2 Å². The molecule has 0 amide bonds. The molecule has 4 aromatic rings. The standard InChI is InChI=1S/C33H32O3/c1-35-30-15-25-26(16-31(30)36-2)32-24-13-6-5-11-22(24)23-12-7-8-14-27(23)33(28(32)17-29(25)34)18-20-9-3-4-10-21(20)19-33/h5-8,11-17,20-21,34H,3-4,9-10,18-19H2,1-2H3. The molecular weight excluding hydrogens is 444 g/mol. The van der Waals surface area contributed by atoms with Crippen LogP contribution in [0.3, 0.4) is 0 Å². The Morgan fingerprint density at radius 1 is 0.694 bits per heavy atom. The van der Waals surface area contributed by atoms with Crippen LogP contribution < -0.4 is 9.47 Å². The molecule has 3 heteroatoms. The van der Waals surface area contributed by atoms with Crippen molar-refractivity contribution in [2.75, 3.05) is 14.2 Å².